The number of hydrogen-bond donors (Lipinski definition) is 1. The van der Waals surface area contributed by atoms with Crippen LogP contribution in [0.2, 0.25) is 5.28 Å². The van der Waals surface area contributed by atoms with Crippen molar-refractivity contribution in [2.45, 2.75) is 38.8 Å². The molecule has 0 bridgehead atoms. The van der Waals surface area contributed by atoms with Crippen molar-refractivity contribution in [1.29, 1.82) is 0 Å². The van der Waals surface area contributed by atoms with Gasteiger partial charge in [0.25, 0.3) is 5.56 Å². The lowest BCUT2D eigenvalue weighted by Crippen LogP contribution is -2.40. The molecule has 0 aliphatic carbocycles. The molecule has 0 radical (unpaired) electrons. The van der Waals surface area contributed by atoms with Gasteiger partial charge in [-0.15, -0.1) is 0 Å². The molecule has 1 aromatic carbocycles. The topological polar surface area (TPSA) is 46.9 Å². The van der Waals surface area contributed by atoms with Crippen LogP contribution >= 0.6 is 11.6 Å². The maximum absolute atomic E-state index is 12.5. The summed E-state index contributed by atoms with van der Waals surface area (Å²) in [6, 6.07) is 5.97. The summed E-state index contributed by atoms with van der Waals surface area (Å²) in [6.07, 6.45) is 3.48. The van der Waals surface area contributed by atoms with E-state index in [0.717, 1.165) is 18.5 Å². The summed E-state index contributed by atoms with van der Waals surface area (Å²) in [7, 11) is 0. The van der Waals surface area contributed by atoms with Crippen LogP contribution in [0.1, 0.15) is 24.8 Å². The van der Waals surface area contributed by atoms with Crippen LogP contribution in [-0.2, 0) is 6.54 Å². The number of fused-ring (bicyclic) bond motifs is 1. The zero-order valence-corrected chi connectivity index (χ0v) is 12.3. The van der Waals surface area contributed by atoms with E-state index in [4.69, 9.17) is 11.6 Å². The molecule has 1 unspecified atom stereocenters. The van der Waals surface area contributed by atoms with Crippen molar-refractivity contribution in [3.63, 3.8) is 0 Å². The van der Waals surface area contributed by atoms with Crippen molar-refractivity contribution in [3.8, 4) is 0 Å². The maximum Gasteiger partial charge on any atom is 0.262 e. The molecule has 1 aliphatic rings. The van der Waals surface area contributed by atoms with Crippen molar-refractivity contribution in [1.82, 2.24) is 14.9 Å². The highest BCUT2D eigenvalue weighted by atomic mass is 35.5. The number of nitrogens with one attached hydrogen (secondary N) is 1. The van der Waals surface area contributed by atoms with E-state index in [-0.39, 0.29) is 10.8 Å². The van der Waals surface area contributed by atoms with Crippen molar-refractivity contribution >= 4 is 22.5 Å². The van der Waals surface area contributed by atoms with Crippen molar-refractivity contribution in [2.75, 3.05) is 6.54 Å². The average molecular weight is 292 g/mol. The van der Waals surface area contributed by atoms with E-state index < -0.39 is 0 Å². The predicted octanol–water partition coefficient (Wildman–Crippen LogP) is 2.50. The Hall–Kier alpha value is -1.39. The Bertz CT molecular complexity index is 689. The van der Waals surface area contributed by atoms with Crippen LogP contribution in [0.4, 0.5) is 0 Å². The molecule has 1 saturated heterocycles. The fourth-order valence-electron chi connectivity index (χ4n) is 2.76. The van der Waals surface area contributed by atoms with E-state index in [1.807, 2.05) is 25.1 Å². The molecule has 1 aliphatic heterocycles. The minimum absolute atomic E-state index is 0.0487. The van der Waals surface area contributed by atoms with E-state index in [1.165, 1.54) is 12.8 Å². The third kappa shape index (κ3) is 2.58. The number of piperidine rings is 1. The first-order chi connectivity index (χ1) is 9.65. The van der Waals surface area contributed by atoms with Crippen LogP contribution in [0.15, 0.2) is 23.0 Å². The van der Waals surface area contributed by atoms with Crippen LogP contribution in [0, 0.1) is 6.92 Å². The molecule has 1 aromatic heterocycles. The average Bonchev–Trinajstić information content (AvgIpc) is 2.44. The monoisotopic (exact) mass is 291 g/mol. The highest BCUT2D eigenvalue weighted by molar-refractivity contribution is 6.28. The molecule has 1 fully saturated rings. The highest BCUT2D eigenvalue weighted by Crippen LogP contribution is 2.15. The highest BCUT2D eigenvalue weighted by Gasteiger charge is 2.17. The van der Waals surface area contributed by atoms with Crippen molar-refractivity contribution < 1.29 is 0 Å². The summed E-state index contributed by atoms with van der Waals surface area (Å²) >= 11 is 6.20. The Morgan fingerprint density at radius 2 is 2.30 bits per heavy atom. The van der Waals surface area contributed by atoms with Gasteiger partial charge in [0.1, 0.15) is 0 Å². The number of halogens is 1. The summed E-state index contributed by atoms with van der Waals surface area (Å²) in [5.41, 5.74) is 1.70. The Morgan fingerprint density at radius 1 is 1.45 bits per heavy atom. The molecule has 4 nitrogen and oxygen atoms in total. The van der Waals surface area contributed by atoms with Gasteiger partial charge in [0.15, 0.2) is 0 Å². The van der Waals surface area contributed by atoms with Gasteiger partial charge in [0.2, 0.25) is 5.28 Å². The SMILES string of the molecule is Cc1ccc2c(=O)n(CC3CCCCN3)c(Cl)nc2c1. The summed E-state index contributed by atoms with van der Waals surface area (Å²) in [6.45, 7) is 3.58. The molecule has 0 saturated carbocycles. The second-order valence-corrected chi connectivity index (χ2v) is 5.80. The summed E-state index contributed by atoms with van der Waals surface area (Å²) < 4.78 is 1.59. The second-order valence-electron chi connectivity index (χ2n) is 5.46. The van der Waals surface area contributed by atoms with Crippen LogP contribution in [0.5, 0.6) is 0 Å². The van der Waals surface area contributed by atoms with Gasteiger partial charge in [0, 0.05) is 12.6 Å². The third-order valence-corrected chi connectivity index (χ3v) is 4.17. The Balaban J connectivity index is 2.02. The number of aryl methyl sites for hydroxylation is 1. The lowest BCUT2D eigenvalue weighted by Gasteiger charge is -2.24. The Morgan fingerprint density at radius 3 is 3.05 bits per heavy atom. The normalized spacial score (nSPS) is 19.4. The van der Waals surface area contributed by atoms with E-state index >= 15 is 0 Å². The first-order valence-corrected chi connectivity index (χ1v) is 7.43. The Labute approximate surface area is 122 Å². The third-order valence-electron chi connectivity index (χ3n) is 3.88. The standard InChI is InChI=1S/C15H18ClN3O/c1-10-5-6-12-13(8-10)18-15(16)19(14(12)20)9-11-4-2-3-7-17-11/h5-6,8,11,17H,2-4,7,9H2,1H3. The van der Waals surface area contributed by atoms with Crippen molar-refractivity contribution in [2.24, 2.45) is 0 Å². The van der Waals surface area contributed by atoms with Gasteiger partial charge in [0.05, 0.1) is 10.9 Å². The molecular formula is C15H18ClN3O. The Kier molecular flexibility index (Phi) is 3.76. The van der Waals surface area contributed by atoms with Gasteiger partial charge in [-0.3, -0.25) is 9.36 Å². The van der Waals surface area contributed by atoms with Crippen molar-refractivity contribution in [3.05, 3.63) is 39.4 Å². The molecule has 0 amide bonds. The number of nitrogens with zero attached hydrogens (tertiary/aromatic N) is 2. The fraction of sp³-hybridized carbons (Fsp3) is 0.467. The fourth-order valence-corrected chi connectivity index (χ4v) is 3.00. The van der Waals surface area contributed by atoms with Gasteiger partial charge in [-0.1, -0.05) is 12.5 Å². The van der Waals surface area contributed by atoms with Crippen LogP contribution in [0.25, 0.3) is 10.9 Å². The van der Waals surface area contributed by atoms with E-state index in [9.17, 15) is 4.79 Å². The maximum atomic E-state index is 12.5. The van der Waals surface area contributed by atoms with E-state index in [0.29, 0.717) is 23.5 Å². The van der Waals surface area contributed by atoms with Gasteiger partial charge in [-0.05, 0) is 55.6 Å². The van der Waals surface area contributed by atoms with Crippen LogP contribution in [-0.4, -0.2) is 22.1 Å². The largest absolute Gasteiger partial charge is 0.312 e. The van der Waals surface area contributed by atoms with Gasteiger partial charge in [-0.25, -0.2) is 4.98 Å². The minimum atomic E-state index is -0.0487. The number of benzene rings is 1. The smallest absolute Gasteiger partial charge is 0.262 e. The van der Waals surface area contributed by atoms with Gasteiger partial charge >= 0.3 is 0 Å². The summed E-state index contributed by atoms with van der Waals surface area (Å²) in [5.74, 6) is 0. The van der Waals surface area contributed by atoms with Gasteiger partial charge < -0.3 is 5.32 Å². The predicted molar refractivity (Wildman–Crippen MR) is 81.4 cm³/mol. The number of hydrogen-bond acceptors (Lipinski definition) is 3. The minimum Gasteiger partial charge on any atom is -0.312 e. The van der Waals surface area contributed by atoms with Gasteiger partial charge in [-0.2, -0.15) is 0 Å². The molecule has 106 valence electrons. The lowest BCUT2D eigenvalue weighted by atomic mass is 10.1. The summed E-state index contributed by atoms with van der Waals surface area (Å²) in [5, 5.41) is 4.35. The second kappa shape index (κ2) is 5.54. The van der Waals surface area contributed by atoms with Crippen LogP contribution < -0.4 is 10.9 Å². The molecule has 20 heavy (non-hydrogen) atoms. The molecule has 1 N–H and O–H groups in total. The molecule has 2 aromatic rings. The van der Waals surface area contributed by atoms with E-state index in [2.05, 4.69) is 10.3 Å². The van der Waals surface area contributed by atoms with E-state index in [1.54, 1.807) is 4.57 Å². The molecular weight excluding hydrogens is 274 g/mol. The zero-order chi connectivity index (χ0) is 14.1. The molecule has 2 heterocycles. The summed E-state index contributed by atoms with van der Waals surface area (Å²) in [4.78, 5) is 16.9. The molecule has 1 atom stereocenters. The molecule has 3 rings (SSSR count). The lowest BCUT2D eigenvalue weighted by molar-refractivity contribution is 0.359. The molecule has 5 heteroatoms. The molecule has 0 spiro atoms. The first-order valence-electron chi connectivity index (χ1n) is 7.05. The number of rotatable bonds is 2. The quantitative estimate of drug-likeness (QED) is 0.865. The zero-order valence-electron chi connectivity index (χ0n) is 11.5. The van der Waals surface area contributed by atoms with Crippen LogP contribution in [0.3, 0.4) is 0 Å². The first kappa shape index (κ1) is 13.6. The number of aromatic nitrogens is 2.